The van der Waals surface area contributed by atoms with E-state index < -0.39 is 0 Å². The Morgan fingerprint density at radius 3 is 2.58 bits per heavy atom. The summed E-state index contributed by atoms with van der Waals surface area (Å²) >= 11 is 6.29. The van der Waals surface area contributed by atoms with Crippen molar-refractivity contribution in [3.63, 3.8) is 0 Å². The van der Waals surface area contributed by atoms with Crippen LogP contribution < -0.4 is 5.73 Å². The van der Waals surface area contributed by atoms with Gasteiger partial charge in [0.05, 0.1) is 16.0 Å². The summed E-state index contributed by atoms with van der Waals surface area (Å²) < 4.78 is 0. The molecule has 1 aromatic heterocycles. The van der Waals surface area contributed by atoms with Crippen LogP contribution in [0.5, 0.6) is 0 Å². The first-order valence-electron chi connectivity index (χ1n) is 5.95. The number of hydrogen-bond acceptors (Lipinski definition) is 6. The highest BCUT2D eigenvalue weighted by Gasteiger charge is 2.28. The lowest BCUT2D eigenvalue weighted by molar-refractivity contribution is -0.380. The normalized spacial score (nSPS) is 19.2. The second kappa shape index (κ2) is 5.91. The molecule has 1 fully saturated rings. The van der Waals surface area contributed by atoms with Gasteiger partial charge in [-0.3, -0.25) is 15.0 Å². The van der Waals surface area contributed by atoms with E-state index >= 15 is 0 Å². The van der Waals surface area contributed by atoms with E-state index in [1.54, 1.807) is 6.07 Å². The Balaban J connectivity index is 2.19. The summed E-state index contributed by atoms with van der Waals surface area (Å²) in [6, 6.07) is 3.08. The molecule has 104 valence electrons. The van der Waals surface area contributed by atoms with Crippen LogP contribution in [0.4, 0.5) is 5.00 Å². The molecule has 0 bridgehead atoms. The SMILES string of the molecule is CN1CCN(C(C(N)=S)c2ccc([N+](=O)[O-])s2)CC1. The molecule has 8 heteroatoms. The predicted molar refractivity (Wildman–Crippen MR) is 79.6 cm³/mol. The summed E-state index contributed by atoms with van der Waals surface area (Å²) in [7, 11) is 2.07. The Labute approximate surface area is 120 Å². The van der Waals surface area contributed by atoms with Gasteiger partial charge in [-0.1, -0.05) is 23.6 Å². The van der Waals surface area contributed by atoms with Crippen molar-refractivity contribution in [2.24, 2.45) is 5.73 Å². The van der Waals surface area contributed by atoms with Gasteiger partial charge >= 0.3 is 5.00 Å². The molecule has 19 heavy (non-hydrogen) atoms. The minimum atomic E-state index is -0.380. The number of rotatable bonds is 4. The molecule has 2 N–H and O–H groups in total. The lowest BCUT2D eigenvalue weighted by Crippen LogP contribution is -2.48. The van der Waals surface area contributed by atoms with Crippen molar-refractivity contribution in [1.82, 2.24) is 9.80 Å². The van der Waals surface area contributed by atoms with Gasteiger partial charge in [0.2, 0.25) is 0 Å². The lowest BCUT2D eigenvalue weighted by atomic mass is 10.1. The Morgan fingerprint density at radius 2 is 2.11 bits per heavy atom. The first kappa shape index (κ1) is 14.3. The molecule has 1 aliphatic rings. The van der Waals surface area contributed by atoms with Crippen LogP contribution in [0.3, 0.4) is 0 Å². The number of piperazine rings is 1. The molecule has 1 aromatic rings. The van der Waals surface area contributed by atoms with E-state index in [-0.39, 0.29) is 16.0 Å². The molecule has 2 heterocycles. The van der Waals surface area contributed by atoms with E-state index in [9.17, 15) is 10.1 Å². The fourth-order valence-electron chi connectivity index (χ4n) is 2.17. The average molecular weight is 300 g/mol. The molecule has 0 amide bonds. The Bertz CT molecular complexity index is 483. The van der Waals surface area contributed by atoms with Crippen molar-refractivity contribution in [2.45, 2.75) is 6.04 Å². The van der Waals surface area contributed by atoms with Gasteiger partial charge in [-0.2, -0.15) is 0 Å². The van der Waals surface area contributed by atoms with Gasteiger partial charge in [0.1, 0.15) is 0 Å². The zero-order chi connectivity index (χ0) is 14.0. The number of nitrogens with two attached hydrogens (primary N) is 1. The van der Waals surface area contributed by atoms with Crippen LogP contribution in [-0.4, -0.2) is 52.9 Å². The number of likely N-dealkylation sites (N-methyl/N-ethyl adjacent to an activating group) is 1. The van der Waals surface area contributed by atoms with Crippen LogP contribution in [0.1, 0.15) is 10.9 Å². The smallest absolute Gasteiger partial charge is 0.324 e. The van der Waals surface area contributed by atoms with Gasteiger partial charge in [0, 0.05) is 37.1 Å². The first-order chi connectivity index (χ1) is 8.99. The molecular formula is C11H16N4O2S2. The van der Waals surface area contributed by atoms with Crippen molar-refractivity contribution >= 4 is 33.5 Å². The largest absolute Gasteiger partial charge is 0.392 e. The van der Waals surface area contributed by atoms with Gasteiger partial charge in [0.15, 0.2) is 0 Å². The fraction of sp³-hybridized carbons (Fsp3) is 0.545. The van der Waals surface area contributed by atoms with Gasteiger partial charge in [-0.25, -0.2) is 0 Å². The quantitative estimate of drug-likeness (QED) is 0.512. The molecule has 0 spiro atoms. The molecule has 1 aliphatic heterocycles. The topological polar surface area (TPSA) is 75.6 Å². The molecule has 1 saturated heterocycles. The van der Waals surface area contributed by atoms with Crippen molar-refractivity contribution in [3.8, 4) is 0 Å². The summed E-state index contributed by atoms with van der Waals surface area (Å²) in [5.41, 5.74) is 5.83. The van der Waals surface area contributed by atoms with E-state index in [4.69, 9.17) is 18.0 Å². The maximum atomic E-state index is 10.8. The van der Waals surface area contributed by atoms with Crippen LogP contribution >= 0.6 is 23.6 Å². The second-order valence-corrected chi connectivity index (χ2v) is 6.14. The third-order valence-corrected chi connectivity index (χ3v) is 4.55. The molecule has 1 unspecified atom stereocenters. The van der Waals surface area contributed by atoms with Crippen LogP contribution in [-0.2, 0) is 0 Å². The highest BCUT2D eigenvalue weighted by Crippen LogP contribution is 2.32. The standard InChI is InChI=1S/C11H16N4O2S2/c1-13-4-6-14(7-5-13)10(11(12)18)8-2-3-9(19-8)15(16)17/h2-3,10H,4-7H2,1H3,(H2,12,18). The zero-order valence-electron chi connectivity index (χ0n) is 10.6. The summed E-state index contributed by atoms with van der Waals surface area (Å²) in [4.78, 5) is 16.0. The number of nitro groups is 1. The Morgan fingerprint density at radius 1 is 1.47 bits per heavy atom. The van der Waals surface area contributed by atoms with E-state index in [1.165, 1.54) is 6.07 Å². The predicted octanol–water partition coefficient (Wildman–Crippen LogP) is 1.23. The molecule has 6 nitrogen and oxygen atoms in total. The van der Waals surface area contributed by atoms with Crippen molar-refractivity contribution in [1.29, 1.82) is 0 Å². The highest BCUT2D eigenvalue weighted by molar-refractivity contribution is 7.80. The molecule has 2 rings (SSSR count). The maximum Gasteiger partial charge on any atom is 0.324 e. The van der Waals surface area contributed by atoms with Crippen LogP contribution in [0.2, 0.25) is 0 Å². The van der Waals surface area contributed by atoms with Crippen LogP contribution in [0, 0.1) is 10.1 Å². The zero-order valence-corrected chi connectivity index (χ0v) is 12.2. The number of thiocarbonyl (C=S) groups is 1. The third-order valence-electron chi connectivity index (χ3n) is 3.23. The van der Waals surface area contributed by atoms with Crippen molar-refractivity contribution in [2.75, 3.05) is 33.2 Å². The minimum absolute atomic E-state index is 0.130. The Kier molecular flexibility index (Phi) is 4.46. The van der Waals surface area contributed by atoms with E-state index in [1.807, 2.05) is 0 Å². The van der Waals surface area contributed by atoms with Crippen LogP contribution in [0.25, 0.3) is 0 Å². The monoisotopic (exact) mass is 300 g/mol. The summed E-state index contributed by atoms with van der Waals surface area (Å²) in [6.07, 6.45) is 0. The van der Waals surface area contributed by atoms with Crippen LogP contribution in [0.15, 0.2) is 12.1 Å². The van der Waals surface area contributed by atoms with Gasteiger partial charge in [-0.15, -0.1) is 0 Å². The maximum absolute atomic E-state index is 10.8. The number of nitrogens with zero attached hydrogens (tertiary/aromatic N) is 3. The molecule has 0 saturated carbocycles. The average Bonchev–Trinajstić information content (AvgIpc) is 2.81. The third kappa shape index (κ3) is 3.27. The Hall–Kier alpha value is -1.09. The summed E-state index contributed by atoms with van der Waals surface area (Å²) in [5.74, 6) is 0. The fourth-order valence-corrected chi connectivity index (χ4v) is 3.49. The van der Waals surface area contributed by atoms with Gasteiger partial charge < -0.3 is 10.6 Å². The molecule has 0 aromatic carbocycles. The van der Waals surface area contributed by atoms with E-state index in [0.717, 1.165) is 42.4 Å². The first-order valence-corrected chi connectivity index (χ1v) is 7.17. The van der Waals surface area contributed by atoms with E-state index in [0.29, 0.717) is 4.99 Å². The molecular weight excluding hydrogens is 284 g/mol. The van der Waals surface area contributed by atoms with E-state index in [2.05, 4.69) is 16.8 Å². The van der Waals surface area contributed by atoms with Gasteiger partial charge in [0.25, 0.3) is 0 Å². The molecule has 0 radical (unpaired) electrons. The summed E-state index contributed by atoms with van der Waals surface area (Å²) in [6.45, 7) is 3.63. The van der Waals surface area contributed by atoms with Crippen molar-refractivity contribution < 1.29 is 4.92 Å². The molecule has 0 aliphatic carbocycles. The van der Waals surface area contributed by atoms with Crippen molar-refractivity contribution in [3.05, 3.63) is 27.1 Å². The second-order valence-electron chi connectivity index (χ2n) is 4.58. The molecule has 1 atom stereocenters. The highest BCUT2D eigenvalue weighted by atomic mass is 32.1. The summed E-state index contributed by atoms with van der Waals surface area (Å²) in [5, 5.41) is 10.9. The minimum Gasteiger partial charge on any atom is -0.392 e. The van der Waals surface area contributed by atoms with Gasteiger partial charge in [-0.05, 0) is 13.1 Å². The number of hydrogen-bond donors (Lipinski definition) is 1. The lowest BCUT2D eigenvalue weighted by Gasteiger charge is -2.37. The number of thiophene rings is 1.